The number of benzene rings is 1. The maximum absolute atomic E-state index is 12.5. The molecule has 138 valence electrons. The van der Waals surface area contributed by atoms with Gasteiger partial charge in [-0.25, -0.2) is 10.1 Å². The monoisotopic (exact) mass is 353 g/mol. The molecular formula is C20H27N5O. The van der Waals surface area contributed by atoms with Crippen LogP contribution in [0.25, 0.3) is 5.69 Å². The molecule has 1 saturated heterocycles. The summed E-state index contributed by atoms with van der Waals surface area (Å²) in [4.78, 5) is 12.5. The second-order valence-corrected chi connectivity index (χ2v) is 7.50. The molecule has 2 fully saturated rings. The van der Waals surface area contributed by atoms with Gasteiger partial charge in [0.1, 0.15) is 0 Å². The zero-order chi connectivity index (χ0) is 17.8. The van der Waals surface area contributed by atoms with Crippen molar-refractivity contribution in [1.82, 2.24) is 25.9 Å². The van der Waals surface area contributed by atoms with Gasteiger partial charge >= 0.3 is 0 Å². The summed E-state index contributed by atoms with van der Waals surface area (Å²) in [6.07, 6.45) is 12.3. The number of hydrogen-bond donors (Lipinski definition) is 3. The highest BCUT2D eigenvalue weighted by molar-refractivity contribution is 5.93. The molecule has 0 radical (unpaired) electrons. The molecule has 0 spiro atoms. The first-order valence-corrected chi connectivity index (χ1v) is 9.70. The van der Waals surface area contributed by atoms with Gasteiger partial charge in [0, 0.05) is 12.2 Å². The predicted molar refractivity (Wildman–Crippen MR) is 101 cm³/mol. The largest absolute Gasteiger partial charge is 0.335 e. The van der Waals surface area contributed by atoms with Gasteiger partial charge in [-0.1, -0.05) is 50.3 Å². The number of amides is 1. The molecule has 26 heavy (non-hydrogen) atoms. The first kappa shape index (κ1) is 17.2. The summed E-state index contributed by atoms with van der Waals surface area (Å²) in [6.45, 7) is 0. The molecule has 3 N–H and O–H groups in total. The Kier molecular flexibility index (Phi) is 5.32. The third-order valence-electron chi connectivity index (χ3n) is 5.50. The second-order valence-electron chi connectivity index (χ2n) is 7.50. The van der Waals surface area contributed by atoms with E-state index in [0.29, 0.717) is 11.6 Å². The summed E-state index contributed by atoms with van der Waals surface area (Å²) in [5, 5.41) is 7.36. The fourth-order valence-electron chi connectivity index (χ4n) is 4.10. The predicted octanol–water partition coefficient (Wildman–Crippen LogP) is 2.77. The van der Waals surface area contributed by atoms with Crippen molar-refractivity contribution in [1.29, 1.82) is 0 Å². The zero-order valence-electron chi connectivity index (χ0n) is 15.0. The number of nitrogens with one attached hydrogen (secondary N) is 3. The summed E-state index contributed by atoms with van der Waals surface area (Å²) in [5.41, 5.74) is 8.10. The number of nitrogens with zero attached hydrogens (tertiary/aromatic N) is 2. The molecule has 1 aliphatic heterocycles. The Morgan fingerprint density at radius 2 is 1.96 bits per heavy atom. The summed E-state index contributed by atoms with van der Waals surface area (Å²) in [5.74, 6) is 0.742. The fraction of sp³-hybridized carbons (Fsp3) is 0.500. The van der Waals surface area contributed by atoms with Crippen LogP contribution in [0.2, 0.25) is 0 Å². The third kappa shape index (κ3) is 4.14. The molecule has 2 heterocycles. The average Bonchev–Trinajstić information content (AvgIpc) is 3.33. The first-order valence-electron chi connectivity index (χ1n) is 9.70. The quantitative estimate of drug-likeness (QED) is 0.773. The summed E-state index contributed by atoms with van der Waals surface area (Å²) < 4.78 is 1.72. The van der Waals surface area contributed by atoms with E-state index in [1.165, 1.54) is 38.5 Å². The molecule has 1 aliphatic carbocycles. The molecule has 4 rings (SSSR count). The van der Waals surface area contributed by atoms with Crippen molar-refractivity contribution < 1.29 is 4.79 Å². The minimum absolute atomic E-state index is 0.0313. The number of carbonyl (C=O) groups excluding carboxylic acids is 1. The van der Waals surface area contributed by atoms with Crippen LogP contribution >= 0.6 is 0 Å². The van der Waals surface area contributed by atoms with Crippen LogP contribution in [0.5, 0.6) is 0 Å². The first-order chi connectivity index (χ1) is 12.8. The molecule has 2 aliphatic rings. The van der Waals surface area contributed by atoms with Crippen molar-refractivity contribution in [2.24, 2.45) is 5.92 Å². The van der Waals surface area contributed by atoms with E-state index in [2.05, 4.69) is 21.3 Å². The van der Waals surface area contributed by atoms with Gasteiger partial charge in [-0.3, -0.25) is 10.2 Å². The van der Waals surface area contributed by atoms with Gasteiger partial charge in [0.05, 0.1) is 23.6 Å². The fourth-order valence-corrected chi connectivity index (χ4v) is 4.10. The summed E-state index contributed by atoms with van der Waals surface area (Å²) >= 11 is 0. The van der Waals surface area contributed by atoms with E-state index in [1.54, 1.807) is 17.1 Å². The molecule has 1 aromatic heterocycles. The lowest BCUT2D eigenvalue weighted by Gasteiger charge is -2.24. The molecule has 6 heteroatoms. The van der Waals surface area contributed by atoms with E-state index in [0.717, 1.165) is 18.0 Å². The van der Waals surface area contributed by atoms with Crippen molar-refractivity contribution in [3.63, 3.8) is 0 Å². The van der Waals surface area contributed by atoms with E-state index in [9.17, 15) is 4.79 Å². The molecular weight excluding hydrogens is 326 g/mol. The second kappa shape index (κ2) is 8.01. The van der Waals surface area contributed by atoms with Crippen LogP contribution in [0.15, 0.2) is 42.7 Å². The Hall–Kier alpha value is -2.18. The lowest BCUT2D eigenvalue weighted by molar-refractivity contribution is 0.0932. The van der Waals surface area contributed by atoms with Gasteiger partial charge in [-0.15, -0.1) is 0 Å². The van der Waals surface area contributed by atoms with E-state index in [-0.39, 0.29) is 12.1 Å². The van der Waals surface area contributed by atoms with Gasteiger partial charge < -0.3 is 5.32 Å². The van der Waals surface area contributed by atoms with Crippen LogP contribution in [0, 0.1) is 5.92 Å². The molecule has 2 unspecified atom stereocenters. The molecule has 2 atom stereocenters. The van der Waals surface area contributed by atoms with Crippen LogP contribution in [0.4, 0.5) is 0 Å². The van der Waals surface area contributed by atoms with Crippen molar-refractivity contribution in [3.05, 3.63) is 48.3 Å². The van der Waals surface area contributed by atoms with Crippen molar-refractivity contribution in [2.75, 3.05) is 0 Å². The minimum Gasteiger partial charge on any atom is -0.335 e. The third-order valence-corrected chi connectivity index (χ3v) is 5.50. The Labute approximate surface area is 154 Å². The van der Waals surface area contributed by atoms with Crippen LogP contribution in [0.1, 0.15) is 55.3 Å². The van der Waals surface area contributed by atoms with Gasteiger partial charge in [-0.2, -0.15) is 5.10 Å². The van der Waals surface area contributed by atoms with Crippen molar-refractivity contribution in [2.45, 2.75) is 57.2 Å². The number of hydrazine groups is 1. The van der Waals surface area contributed by atoms with Crippen LogP contribution in [0.3, 0.4) is 0 Å². The summed E-state index contributed by atoms with van der Waals surface area (Å²) in [7, 11) is 0. The topological polar surface area (TPSA) is 71.0 Å². The normalized spacial score (nSPS) is 23.8. The number of carbonyl (C=O) groups is 1. The molecule has 0 bridgehead atoms. The molecule has 1 aromatic carbocycles. The molecule has 2 aromatic rings. The zero-order valence-corrected chi connectivity index (χ0v) is 15.0. The van der Waals surface area contributed by atoms with E-state index in [4.69, 9.17) is 0 Å². The average molecular weight is 353 g/mol. The minimum atomic E-state index is -0.0928. The van der Waals surface area contributed by atoms with Crippen LogP contribution < -0.4 is 16.2 Å². The number of para-hydroxylation sites is 1. The van der Waals surface area contributed by atoms with E-state index < -0.39 is 0 Å². The lowest BCUT2D eigenvalue weighted by atomic mass is 9.84. The maximum Gasteiger partial charge on any atom is 0.255 e. The Morgan fingerprint density at radius 3 is 2.77 bits per heavy atom. The van der Waals surface area contributed by atoms with Gasteiger partial charge in [-0.05, 0) is 30.9 Å². The highest BCUT2D eigenvalue weighted by Crippen LogP contribution is 2.28. The van der Waals surface area contributed by atoms with E-state index in [1.807, 2.05) is 30.3 Å². The number of rotatable bonds is 5. The molecule has 1 saturated carbocycles. The van der Waals surface area contributed by atoms with Crippen LogP contribution in [-0.4, -0.2) is 27.9 Å². The molecule has 6 nitrogen and oxygen atoms in total. The Morgan fingerprint density at radius 1 is 1.15 bits per heavy atom. The van der Waals surface area contributed by atoms with E-state index >= 15 is 0 Å². The van der Waals surface area contributed by atoms with Crippen LogP contribution in [-0.2, 0) is 0 Å². The highest BCUT2D eigenvalue weighted by atomic mass is 16.2. The maximum atomic E-state index is 12.5. The number of hydrogen-bond acceptors (Lipinski definition) is 4. The SMILES string of the molecule is O=C(NC1CC(CC2CCCCC2)NN1)c1cnn(-c2ccccc2)c1. The van der Waals surface area contributed by atoms with Crippen molar-refractivity contribution in [3.8, 4) is 5.69 Å². The lowest BCUT2D eigenvalue weighted by Crippen LogP contribution is -2.44. The molecule has 1 amide bonds. The Bertz CT molecular complexity index is 723. The Balaban J connectivity index is 1.29. The highest BCUT2D eigenvalue weighted by Gasteiger charge is 2.28. The standard InChI is InChI=1S/C20H27N5O/c26-20(16-13-21-25(14-16)18-9-5-2-6-10-18)22-19-12-17(23-24-19)11-15-7-3-1-4-8-15/h2,5-6,9-10,13-15,17,19,23-24H,1,3-4,7-8,11-12H2,(H,22,26). The number of aromatic nitrogens is 2. The van der Waals surface area contributed by atoms with Gasteiger partial charge in [0.2, 0.25) is 0 Å². The van der Waals surface area contributed by atoms with Crippen molar-refractivity contribution >= 4 is 5.91 Å². The van der Waals surface area contributed by atoms with Gasteiger partial charge in [0.25, 0.3) is 5.91 Å². The summed E-state index contributed by atoms with van der Waals surface area (Å²) in [6, 6.07) is 10.2. The van der Waals surface area contributed by atoms with Gasteiger partial charge in [0.15, 0.2) is 0 Å². The smallest absolute Gasteiger partial charge is 0.255 e.